The molecule has 0 fully saturated rings. The number of fused-ring (bicyclic) bond motifs is 1. The van der Waals surface area contributed by atoms with E-state index in [2.05, 4.69) is 30.3 Å². The van der Waals surface area contributed by atoms with Crippen molar-refractivity contribution >= 4 is 22.3 Å². The van der Waals surface area contributed by atoms with Crippen molar-refractivity contribution in [3.05, 3.63) is 83.9 Å². The van der Waals surface area contributed by atoms with E-state index in [0.29, 0.717) is 13.0 Å². The highest BCUT2D eigenvalue weighted by Gasteiger charge is 2.18. The average Bonchev–Trinajstić information content (AvgIpc) is 2.68. The van der Waals surface area contributed by atoms with Gasteiger partial charge in [0.05, 0.1) is 6.42 Å². The van der Waals surface area contributed by atoms with E-state index in [9.17, 15) is 9.90 Å². The molecule has 4 rings (SSSR count). The lowest BCUT2D eigenvalue weighted by Gasteiger charge is -2.27. The Labute approximate surface area is 153 Å². The second-order valence-electron chi connectivity index (χ2n) is 6.72. The van der Waals surface area contributed by atoms with Gasteiger partial charge in [0, 0.05) is 13.1 Å². The Morgan fingerprint density at radius 3 is 2.46 bits per heavy atom. The summed E-state index contributed by atoms with van der Waals surface area (Å²) >= 11 is 0. The van der Waals surface area contributed by atoms with Crippen molar-refractivity contribution in [2.45, 2.75) is 12.8 Å². The Balaban J connectivity index is 1.43. The maximum absolute atomic E-state index is 12.7. The van der Waals surface area contributed by atoms with Crippen LogP contribution in [0.4, 0.5) is 0 Å². The number of phenols is 1. The maximum Gasteiger partial charge on any atom is 0.227 e. The summed E-state index contributed by atoms with van der Waals surface area (Å²) in [6.45, 7) is 1.38. The van der Waals surface area contributed by atoms with Crippen molar-refractivity contribution in [3.63, 3.8) is 0 Å². The number of nitrogens with zero attached hydrogens (tertiary/aromatic N) is 1. The molecule has 26 heavy (non-hydrogen) atoms. The molecular formula is C23H21NO2. The van der Waals surface area contributed by atoms with Crippen LogP contribution >= 0.6 is 0 Å². The molecule has 0 atom stereocenters. The fourth-order valence-corrected chi connectivity index (χ4v) is 3.47. The van der Waals surface area contributed by atoms with E-state index in [-0.39, 0.29) is 11.7 Å². The smallest absolute Gasteiger partial charge is 0.227 e. The lowest BCUT2D eigenvalue weighted by atomic mass is 9.99. The van der Waals surface area contributed by atoms with Gasteiger partial charge in [-0.1, -0.05) is 60.7 Å². The van der Waals surface area contributed by atoms with Gasteiger partial charge in [-0.05, 0) is 46.0 Å². The molecule has 0 bridgehead atoms. The van der Waals surface area contributed by atoms with Gasteiger partial charge in [0.2, 0.25) is 5.91 Å². The normalized spacial score (nSPS) is 14.3. The van der Waals surface area contributed by atoms with E-state index in [4.69, 9.17) is 0 Å². The fourth-order valence-electron chi connectivity index (χ4n) is 3.47. The molecule has 1 amide bonds. The summed E-state index contributed by atoms with van der Waals surface area (Å²) in [5.41, 5.74) is 3.41. The number of benzene rings is 3. The van der Waals surface area contributed by atoms with E-state index < -0.39 is 0 Å². The number of carbonyl (C=O) groups is 1. The Bertz CT molecular complexity index is 973. The third kappa shape index (κ3) is 3.47. The minimum atomic E-state index is 0.168. The molecule has 0 unspecified atom stereocenters. The summed E-state index contributed by atoms with van der Waals surface area (Å²) in [5.74, 6) is 0.443. The Kier molecular flexibility index (Phi) is 4.44. The molecule has 1 heterocycles. The van der Waals surface area contributed by atoms with Gasteiger partial charge in [0.1, 0.15) is 5.75 Å². The largest absolute Gasteiger partial charge is 0.508 e. The molecule has 3 nitrogen and oxygen atoms in total. The number of rotatable bonds is 3. The third-order valence-electron chi connectivity index (χ3n) is 4.97. The summed E-state index contributed by atoms with van der Waals surface area (Å²) in [6, 6.07) is 21.7. The van der Waals surface area contributed by atoms with Crippen molar-refractivity contribution in [2.75, 3.05) is 13.1 Å². The van der Waals surface area contributed by atoms with Crippen molar-refractivity contribution in [1.29, 1.82) is 0 Å². The number of phenolic OH excluding ortho intramolecular Hbond substituents is 1. The van der Waals surface area contributed by atoms with Crippen molar-refractivity contribution in [2.24, 2.45) is 0 Å². The topological polar surface area (TPSA) is 40.5 Å². The van der Waals surface area contributed by atoms with Crippen molar-refractivity contribution in [1.82, 2.24) is 4.90 Å². The molecule has 0 aliphatic carbocycles. The highest BCUT2D eigenvalue weighted by atomic mass is 16.3. The molecule has 130 valence electrons. The molecule has 0 saturated carbocycles. The van der Waals surface area contributed by atoms with E-state index >= 15 is 0 Å². The highest BCUT2D eigenvalue weighted by Crippen LogP contribution is 2.24. The van der Waals surface area contributed by atoms with Crippen LogP contribution < -0.4 is 0 Å². The molecule has 3 aromatic carbocycles. The van der Waals surface area contributed by atoms with Crippen LogP contribution in [0.25, 0.3) is 16.3 Å². The van der Waals surface area contributed by atoms with Crippen LogP contribution in [0.1, 0.15) is 17.5 Å². The zero-order chi connectivity index (χ0) is 17.9. The lowest BCUT2D eigenvalue weighted by molar-refractivity contribution is -0.130. The van der Waals surface area contributed by atoms with Crippen LogP contribution in [0, 0.1) is 0 Å². The van der Waals surface area contributed by atoms with Crippen LogP contribution in [0.5, 0.6) is 5.75 Å². The monoisotopic (exact) mass is 343 g/mol. The third-order valence-corrected chi connectivity index (χ3v) is 4.97. The summed E-state index contributed by atoms with van der Waals surface area (Å²) in [6.07, 6.45) is 3.40. The van der Waals surface area contributed by atoms with E-state index in [1.54, 1.807) is 12.1 Å². The first kappa shape index (κ1) is 16.4. The number of amides is 1. The molecular weight excluding hydrogens is 322 g/mol. The zero-order valence-corrected chi connectivity index (χ0v) is 14.6. The van der Waals surface area contributed by atoms with E-state index in [1.165, 1.54) is 16.3 Å². The molecule has 0 aromatic heterocycles. The summed E-state index contributed by atoms with van der Waals surface area (Å²) in [4.78, 5) is 14.6. The Morgan fingerprint density at radius 2 is 1.73 bits per heavy atom. The van der Waals surface area contributed by atoms with Gasteiger partial charge in [-0.2, -0.15) is 0 Å². The van der Waals surface area contributed by atoms with Gasteiger partial charge in [0.25, 0.3) is 0 Å². The SMILES string of the molecule is O=C(Cc1ccc2ccccc2c1)N1CC=C(c2ccc(O)cc2)CC1. The first-order valence-corrected chi connectivity index (χ1v) is 8.93. The second-order valence-corrected chi connectivity index (χ2v) is 6.72. The molecule has 0 saturated heterocycles. The van der Waals surface area contributed by atoms with Gasteiger partial charge in [-0.15, -0.1) is 0 Å². The minimum Gasteiger partial charge on any atom is -0.508 e. The fraction of sp³-hybridized carbons (Fsp3) is 0.174. The van der Waals surface area contributed by atoms with Crippen LogP contribution in [0.3, 0.4) is 0 Å². The van der Waals surface area contributed by atoms with Gasteiger partial charge in [-0.25, -0.2) is 0 Å². The van der Waals surface area contributed by atoms with Crippen LogP contribution in [-0.4, -0.2) is 29.0 Å². The summed E-state index contributed by atoms with van der Waals surface area (Å²) < 4.78 is 0. The molecule has 1 N–H and O–H groups in total. The predicted molar refractivity (Wildman–Crippen MR) is 105 cm³/mol. The zero-order valence-electron chi connectivity index (χ0n) is 14.6. The molecule has 3 heteroatoms. The second kappa shape index (κ2) is 7.04. The molecule has 1 aliphatic rings. The van der Waals surface area contributed by atoms with Gasteiger partial charge in [0.15, 0.2) is 0 Å². The van der Waals surface area contributed by atoms with Gasteiger partial charge < -0.3 is 10.0 Å². The quantitative estimate of drug-likeness (QED) is 0.765. The Hall–Kier alpha value is -3.07. The summed E-state index contributed by atoms with van der Waals surface area (Å²) in [7, 11) is 0. The van der Waals surface area contributed by atoms with Crippen LogP contribution in [-0.2, 0) is 11.2 Å². The standard InChI is InChI=1S/C23H21NO2/c25-22-9-7-19(8-10-22)20-11-13-24(14-12-20)23(26)16-17-5-6-18-3-1-2-4-21(18)15-17/h1-11,15,25H,12-14,16H2. The predicted octanol–water partition coefficient (Wildman–Crippen LogP) is 4.40. The molecule has 1 aliphatic heterocycles. The summed E-state index contributed by atoms with van der Waals surface area (Å²) in [5, 5.41) is 11.8. The number of hydrogen-bond acceptors (Lipinski definition) is 2. The lowest BCUT2D eigenvalue weighted by Crippen LogP contribution is -2.35. The van der Waals surface area contributed by atoms with Crippen molar-refractivity contribution < 1.29 is 9.90 Å². The number of carbonyl (C=O) groups excluding carboxylic acids is 1. The highest BCUT2D eigenvalue weighted by molar-refractivity contribution is 5.86. The first-order chi connectivity index (χ1) is 12.7. The van der Waals surface area contributed by atoms with Gasteiger partial charge in [-0.3, -0.25) is 4.79 Å². The number of hydrogen-bond donors (Lipinski definition) is 1. The van der Waals surface area contributed by atoms with Gasteiger partial charge >= 0.3 is 0 Å². The maximum atomic E-state index is 12.7. The molecule has 0 radical (unpaired) electrons. The Morgan fingerprint density at radius 1 is 0.962 bits per heavy atom. The van der Waals surface area contributed by atoms with E-state index in [0.717, 1.165) is 24.1 Å². The molecule has 0 spiro atoms. The first-order valence-electron chi connectivity index (χ1n) is 8.93. The number of aromatic hydroxyl groups is 1. The van der Waals surface area contributed by atoms with Crippen LogP contribution in [0.2, 0.25) is 0 Å². The average molecular weight is 343 g/mol. The molecule has 3 aromatic rings. The minimum absolute atomic E-state index is 0.168. The van der Waals surface area contributed by atoms with Crippen LogP contribution in [0.15, 0.2) is 72.8 Å². The van der Waals surface area contributed by atoms with Crippen molar-refractivity contribution in [3.8, 4) is 5.75 Å². The van der Waals surface area contributed by atoms with E-state index in [1.807, 2.05) is 35.2 Å².